The van der Waals surface area contributed by atoms with E-state index in [1.165, 1.54) is 19.3 Å². The van der Waals surface area contributed by atoms with Gasteiger partial charge in [-0.1, -0.05) is 13.8 Å². The van der Waals surface area contributed by atoms with Gasteiger partial charge in [0.05, 0.1) is 0 Å². The molecule has 90 valence electrons. The van der Waals surface area contributed by atoms with Crippen LogP contribution in [-0.2, 0) is 0 Å². The summed E-state index contributed by atoms with van der Waals surface area (Å²) in [7, 11) is 2.26. The van der Waals surface area contributed by atoms with Crippen molar-refractivity contribution in [2.45, 2.75) is 65.1 Å². The minimum atomic E-state index is 0.653. The van der Waals surface area contributed by atoms with E-state index >= 15 is 0 Å². The zero-order chi connectivity index (χ0) is 11.4. The molecular formula is C13H28N2. The molecule has 0 amide bonds. The average molecular weight is 212 g/mol. The predicted molar refractivity (Wildman–Crippen MR) is 67.2 cm³/mol. The smallest absolute Gasteiger partial charge is 0.0192 e. The normalized spacial score (nSPS) is 21.0. The fraction of sp³-hybridized carbons (Fsp3) is 1.00. The summed E-state index contributed by atoms with van der Waals surface area (Å²) in [5.41, 5.74) is 0. The molecule has 2 atom stereocenters. The van der Waals surface area contributed by atoms with Crippen LogP contribution in [0.15, 0.2) is 0 Å². The summed E-state index contributed by atoms with van der Waals surface area (Å²) in [6, 6.07) is 2.20. The molecule has 15 heavy (non-hydrogen) atoms. The Morgan fingerprint density at radius 3 is 2.27 bits per heavy atom. The van der Waals surface area contributed by atoms with Gasteiger partial charge in [0.15, 0.2) is 0 Å². The summed E-state index contributed by atoms with van der Waals surface area (Å²) in [6.07, 6.45) is 4.09. The standard InChI is InChI=1S/C13H28N2/c1-10(2)8-11(3)14-9-12(4)15(5)13-6-7-13/h10-14H,6-9H2,1-5H3. The molecule has 2 nitrogen and oxygen atoms in total. The molecule has 2 unspecified atom stereocenters. The zero-order valence-electron chi connectivity index (χ0n) is 11.1. The second-order valence-corrected chi connectivity index (χ2v) is 5.68. The number of likely N-dealkylation sites (N-methyl/N-ethyl adjacent to an activating group) is 1. The van der Waals surface area contributed by atoms with Gasteiger partial charge in [-0.2, -0.15) is 0 Å². The zero-order valence-corrected chi connectivity index (χ0v) is 11.1. The van der Waals surface area contributed by atoms with E-state index in [1.54, 1.807) is 0 Å². The van der Waals surface area contributed by atoms with E-state index in [0.717, 1.165) is 18.5 Å². The molecule has 1 rings (SSSR count). The van der Waals surface area contributed by atoms with Crippen LogP contribution in [0.1, 0.15) is 47.0 Å². The van der Waals surface area contributed by atoms with Crippen LogP contribution < -0.4 is 5.32 Å². The van der Waals surface area contributed by atoms with Crippen molar-refractivity contribution in [3.05, 3.63) is 0 Å². The summed E-state index contributed by atoms with van der Waals surface area (Å²) < 4.78 is 0. The average Bonchev–Trinajstić information content (AvgIpc) is 2.95. The Hall–Kier alpha value is -0.0800. The molecule has 0 bridgehead atoms. The lowest BCUT2D eigenvalue weighted by Gasteiger charge is -2.26. The highest BCUT2D eigenvalue weighted by Gasteiger charge is 2.28. The van der Waals surface area contributed by atoms with E-state index in [4.69, 9.17) is 0 Å². The molecule has 0 heterocycles. The Morgan fingerprint density at radius 2 is 1.80 bits per heavy atom. The maximum Gasteiger partial charge on any atom is 0.0192 e. The lowest BCUT2D eigenvalue weighted by atomic mass is 10.1. The first kappa shape index (κ1) is 13.0. The Balaban J connectivity index is 2.12. The van der Waals surface area contributed by atoms with E-state index in [-0.39, 0.29) is 0 Å². The van der Waals surface area contributed by atoms with Crippen molar-refractivity contribution in [2.75, 3.05) is 13.6 Å². The summed E-state index contributed by atoms with van der Waals surface area (Å²) in [4.78, 5) is 2.52. The molecule has 1 aliphatic rings. The molecule has 0 aromatic heterocycles. The van der Waals surface area contributed by atoms with Gasteiger partial charge in [0.1, 0.15) is 0 Å². The van der Waals surface area contributed by atoms with Crippen molar-refractivity contribution in [2.24, 2.45) is 5.92 Å². The van der Waals surface area contributed by atoms with Crippen molar-refractivity contribution in [1.29, 1.82) is 0 Å². The molecule has 0 radical (unpaired) electrons. The van der Waals surface area contributed by atoms with Crippen molar-refractivity contribution in [1.82, 2.24) is 10.2 Å². The van der Waals surface area contributed by atoms with Crippen LogP contribution in [-0.4, -0.2) is 36.6 Å². The van der Waals surface area contributed by atoms with E-state index in [1.807, 2.05) is 0 Å². The van der Waals surface area contributed by atoms with Crippen molar-refractivity contribution in [3.63, 3.8) is 0 Å². The molecule has 0 aliphatic heterocycles. The van der Waals surface area contributed by atoms with Crippen LogP contribution >= 0.6 is 0 Å². The highest BCUT2D eigenvalue weighted by Crippen LogP contribution is 2.26. The van der Waals surface area contributed by atoms with E-state index in [9.17, 15) is 0 Å². The van der Waals surface area contributed by atoms with Gasteiger partial charge < -0.3 is 5.32 Å². The molecule has 1 aliphatic carbocycles. The highest BCUT2D eigenvalue weighted by molar-refractivity contribution is 4.86. The molecule has 1 N–H and O–H groups in total. The van der Waals surface area contributed by atoms with Crippen LogP contribution in [0.2, 0.25) is 0 Å². The molecule has 1 fully saturated rings. The van der Waals surface area contributed by atoms with E-state index < -0.39 is 0 Å². The number of rotatable bonds is 7. The van der Waals surface area contributed by atoms with Gasteiger partial charge >= 0.3 is 0 Å². The van der Waals surface area contributed by atoms with Crippen LogP contribution in [0.4, 0.5) is 0 Å². The Bertz CT molecular complexity index is 175. The lowest BCUT2D eigenvalue weighted by molar-refractivity contribution is 0.234. The van der Waals surface area contributed by atoms with Gasteiger partial charge in [0.2, 0.25) is 0 Å². The summed E-state index contributed by atoms with van der Waals surface area (Å²) in [6.45, 7) is 10.3. The third-order valence-corrected chi connectivity index (χ3v) is 3.40. The van der Waals surface area contributed by atoms with E-state index in [0.29, 0.717) is 12.1 Å². The number of nitrogens with one attached hydrogen (secondary N) is 1. The largest absolute Gasteiger partial charge is 0.313 e. The Kier molecular flexibility index (Phi) is 5.07. The maximum absolute atomic E-state index is 3.64. The van der Waals surface area contributed by atoms with Crippen molar-refractivity contribution >= 4 is 0 Å². The summed E-state index contributed by atoms with van der Waals surface area (Å²) in [5.74, 6) is 0.795. The highest BCUT2D eigenvalue weighted by atomic mass is 15.2. The first-order valence-electron chi connectivity index (χ1n) is 6.46. The summed E-state index contributed by atoms with van der Waals surface area (Å²) in [5, 5.41) is 3.64. The van der Waals surface area contributed by atoms with Gasteiger partial charge in [0, 0.05) is 24.7 Å². The van der Waals surface area contributed by atoms with Crippen LogP contribution in [0.25, 0.3) is 0 Å². The third-order valence-electron chi connectivity index (χ3n) is 3.40. The van der Waals surface area contributed by atoms with E-state index in [2.05, 4.69) is 45.0 Å². The van der Waals surface area contributed by atoms with Crippen LogP contribution in [0.3, 0.4) is 0 Å². The number of nitrogens with zero attached hydrogens (tertiary/aromatic N) is 1. The van der Waals surface area contributed by atoms with Gasteiger partial charge in [-0.05, 0) is 46.1 Å². The summed E-state index contributed by atoms with van der Waals surface area (Å²) >= 11 is 0. The minimum absolute atomic E-state index is 0.653. The van der Waals surface area contributed by atoms with Crippen molar-refractivity contribution < 1.29 is 0 Å². The lowest BCUT2D eigenvalue weighted by Crippen LogP contribution is -2.42. The van der Waals surface area contributed by atoms with Gasteiger partial charge in [-0.15, -0.1) is 0 Å². The maximum atomic E-state index is 3.64. The Labute approximate surface area is 95.4 Å². The number of hydrogen-bond acceptors (Lipinski definition) is 2. The van der Waals surface area contributed by atoms with Crippen molar-refractivity contribution in [3.8, 4) is 0 Å². The second-order valence-electron chi connectivity index (χ2n) is 5.68. The van der Waals surface area contributed by atoms with Crippen LogP contribution in [0, 0.1) is 5.92 Å². The molecule has 0 aromatic carbocycles. The third kappa shape index (κ3) is 4.98. The fourth-order valence-electron chi connectivity index (χ4n) is 2.15. The quantitative estimate of drug-likeness (QED) is 0.697. The monoisotopic (exact) mass is 212 g/mol. The molecular weight excluding hydrogens is 184 g/mol. The molecule has 0 spiro atoms. The topological polar surface area (TPSA) is 15.3 Å². The molecule has 0 saturated heterocycles. The number of hydrogen-bond donors (Lipinski definition) is 1. The molecule has 1 saturated carbocycles. The Morgan fingerprint density at radius 1 is 1.20 bits per heavy atom. The minimum Gasteiger partial charge on any atom is -0.313 e. The SMILES string of the molecule is CC(C)CC(C)NCC(C)N(C)C1CC1. The molecule has 2 heteroatoms. The van der Waals surface area contributed by atoms with Gasteiger partial charge in [0.25, 0.3) is 0 Å². The second kappa shape index (κ2) is 5.86. The van der Waals surface area contributed by atoms with Gasteiger partial charge in [-0.3, -0.25) is 4.90 Å². The van der Waals surface area contributed by atoms with Gasteiger partial charge in [-0.25, -0.2) is 0 Å². The first-order chi connectivity index (χ1) is 7.00. The van der Waals surface area contributed by atoms with Crippen LogP contribution in [0.5, 0.6) is 0 Å². The molecule has 0 aromatic rings. The predicted octanol–water partition coefficient (Wildman–Crippen LogP) is 2.49. The fourth-order valence-corrected chi connectivity index (χ4v) is 2.15. The first-order valence-corrected chi connectivity index (χ1v) is 6.46.